The van der Waals surface area contributed by atoms with Crippen LogP contribution in [0.2, 0.25) is 0 Å². The summed E-state index contributed by atoms with van der Waals surface area (Å²) in [6.07, 6.45) is -0.368. The normalized spacial score (nSPS) is 12.2. The molecule has 1 atom stereocenters. The maximum atomic E-state index is 9.32. The maximum absolute atomic E-state index is 9.32. The number of nitrogens with zero attached hydrogens (tertiary/aromatic N) is 1. The Balaban J connectivity index is 2.94. The highest BCUT2D eigenvalue weighted by Crippen LogP contribution is 2.26. The van der Waals surface area contributed by atoms with Crippen LogP contribution in [0.25, 0.3) is 0 Å². The van der Waals surface area contributed by atoms with Gasteiger partial charge in [-0.25, -0.2) is 0 Å². The van der Waals surface area contributed by atoms with Crippen LogP contribution in [0, 0.1) is 0 Å². The Morgan fingerprint density at radius 2 is 2.25 bits per heavy atom. The van der Waals surface area contributed by atoms with Gasteiger partial charge in [0.1, 0.15) is 4.99 Å². The van der Waals surface area contributed by atoms with E-state index < -0.39 is 0 Å². The van der Waals surface area contributed by atoms with Crippen molar-refractivity contribution in [3.8, 4) is 0 Å². The highest BCUT2D eigenvalue weighted by Gasteiger charge is 2.09. The lowest BCUT2D eigenvalue weighted by Gasteiger charge is -2.22. The smallest absolute Gasteiger partial charge is 0.104 e. The summed E-state index contributed by atoms with van der Waals surface area (Å²) in [5.74, 6) is 0. The minimum atomic E-state index is -0.368. The number of halogens is 1. The van der Waals surface area contributed by atoms with E-state index in [1.165, 1.54) is 0 Å². The van der Waals surface area contributed by atoms with Gasteiger partial charge < -0.3 is 15.7 Å². The molecule has 1 unspecified atom stereocenters. The van der Waals surface area contributed by atoms with Crippen LogP contribution >= 0.6 is 28.1 Å². The van der Waals surface area contributed by atoms with Crippen LogP contribution in [0.5, 0.6) is 0 Å². The molecule has 0 aromatic heterocycles. The molecule has 88 valence electrons. The molecule has 1 aromatic rings. The van der Waals surface area contributed by atoms with E-state index >= 15 is 0 Å². The average Bonchev–Trinajstić information content (AvgIpc) is 2.15. The van der Waals surface area contributed by atoms with Crippen LogP contribution in [-0.4, -0.2) is 29.8 Å². The Labute approximate surface area is 109 Å². The van der Waals surface area contributed by atoms with Crippen molar-refractivity contribution in [3.05, 3.63) is 28.2 Å². The van der Waals surface area contributed by atoms with Gasteiger partial charge in [-0.2, -0.15) is 0 Å². The highest BCUT2D eigenvalue weighted by atomic mass is 79.9. The zero-order valence-corrected chi connectivity index (χ0v) is 11.7. The molecule has 0 bridgehead atoms. The molecule has 0 fully saturated rings. The van der Waals surface area contributed by atoms with Gasteiger partial charge in [0.15, 0.2) is 0 Å². The number of aliphatic hydroxyl groups is 1. The Morgan fingerprint density at radius 1 is 1.62 bits per heavy atom. The van der Waals surface area contributed by atoms with Crippen LogP contribution < -0.4 is 10.6 Å². The third kappa shape index (κ3) is 3.43. The lowest BCUT2D eigenvalue weighted by atomic mass is 10.2. The molecule has 0 amide bonds. The number of rotatable bonds is 4. The zero-order chi connectivity index (χ0) is 12.3. The lowest BCUT2D eigenvalue weighted by Crippen LogP contribution is -2.27. The number of aliphatic hydroxyl groups excluding tert-OH is 1. The van der Waals surface area contributed by atoms with Gasteiger partial charge in [-0.15, -0.1) is 0 Å². The van der Waals surface area contributed by atoms with Crippen molar-refractivity contribution >= 4 is 38.8 Å². The molecule has 0 aliphatic heterocycles. The number of nitrogens with two attached hydrogens (primary N) is 1. The van der Waals surface area contributed by atoms with E-state index in [0.29, 0.717) is 11.5 Å². The van der Waals surface area contributed by atoms with Crippen molar-refractivity contribution in [1.82, 2.24) is 0 Å². The van der Waals surface area contributed by atoms with E-state index in [4.69, 9.17) is 18.0 Å². The SMILES string of the molecule is CC(O)CN(C)c1ccc(C(N)=S)cc1Br. The van der Waals surface area contributed by atoms with E-state index in [-0.39, 0.29) is 6.10 Å². The summed E-state index contributed by atoms with van der Waals surface area (Å²) >= 11 is 8.37. The number of likely N-dealkylation sites (N-methyl/N-ethyl adjacent to an activating group) is 1. The topological polar surface area (TPSA) is 49.5 Å². The fraction of sp³-hybridized carbons (Fsp3) is 0.364. The van der Waals surface area contributed by atoms with Crippen LogP contribution in [0.15, 0.2) is 22.7 Å². The van der Waals surface area contributed by atoms with Crippen LogP contribution in [0.4, 0.5) is 5.69 Å². The number of hydrogen-bond acceptors (Lipinski definition) is 3. The summed E-state index contributed by atoms with van der Waals surface area (Å²) in [5.41, 5.74) is 7.38. The average molecular weight is 303 g/mol. The van der Waals surface area contributed by atoms with E-state index in [9.17, 15) is 5.11 Å². The molecule has 0 heterocycles. The lowest BCUT2D eigenvalue weighted by molar-refractivity contribution is 0.201. The molecule has 0 spiro atoms. The van der Waals surface area contributed by atoms with Gasteiger partial charge >= 0.3 is 0 Å². The molecule has 3 N–H and O–H groups in total. The number of hydrogen-bond donors (Lipinski definition) is 2. The molecular weight excluding hydrogens is 288 g/mol. The summed E-state index contributed by atoms with van der Waals surface area (Å²) in [6, 6.07) is 5.69. The highest BCUT2D eigenvalue weighted by molar-refractivity contribution is 9.10. The predicted molar refractivity (Wildman–Crippen MR) is 75.0 cm³/mol. The van der Waals surface area contributed by atoms with E-state index in [1.54, 1.807) is 6.92 Å². The van der Waals surface area contributed by atoms with Crippen LogP contribution in [0.3, 0.4) is 0 Å². The third-order valence-corrected chi connectivity index (χ3v) is 3.05. The first-order valence-electron chi connectivity index (χ1n) is 4.90. The van der Waals surface area contributed by atoms with Gasteiger partial charge in [0.25, 0.3) is 0 Å². The quantitative estimate of drug-likeness (QED) is 0.834. The summed E-state index contributed by atoms with van der Waals surface area (Å²) in [5, 5.41) is 9.32. The molecule has 1 aromatic carbocycles. The fourth-order valence-corrected chi connectivity index (χ4v) is 2.27. The standard InChI is InChI=1S/C11H15BrN2OS/c1-7(15)6-14(2)10-4-3-8(11(13)16)5-9(10)12/h3-5,7,15H,6H2,1-2H3,(H2,13,16). The van der Waals surface area contributed by atoms with Crippen molar-refractivity contribution in [1.29, 1.82) is 0 Å². The number of benzene rings is 1. The Morgan fingerprint density at radius 3 is 2.69 bits per heavy atom. The van der Waals surface area contributed by atoms with Gasteiger partial charge in [-0.1, -0.05) is 12.2 Å². The molecule has 0 saturated heterocycles. The molecule has 1 rings (SSSR count). The molecular formula is C11H15BrN2OS. The first kappa shape index (κ1) is 13.4. The van der Waals surface area contributed by atoms with Gasteiger partial charge in [0.2, 0.25) is 0 Å². The van der Waals surface area contributed by atoms with E-state index in [2.05, 4.69) is 15.9 Å². The Hall–Kier alpha value is -0.650. The second kappa shape index (κ2) is 5.61. The van der Waals surface area contributed by atoms with E-state index in [1.807, 2.05) is 30.1 Å². The Bertz CT molecular complexity index is 396. The van der Waals surface area contributed by atoms with Gasteiger partial charge in [-0.3, -0.25) is 0 Å². The van der Waals surface area contributed by atoms with Gasteiger partial charge in [0.05, 0.1) is 11.8 Å². The summed E-state index contributed by atoms with van der Waals surface area (Å²) in [4.78, 5) is 2.35. The summed E-state index contributed by atoms with van der Waals surface area (Å²) < 4.78 is 0.918. The molecule has 5 heteroatoms. The molecule has 0 aliphatic carbocycles. The monoisotopic (exact) mass is 302 g/mol. The third-order valence-electron chi connectivity index (χ3n) is 2.18. The number of thiocarbonyl (C=S) groups is 1. The minimum Gasteiger partial charge on any atom is -0.392 e. The van der Waals surface area contributed by atoms with Gasteiger partial charge in [-0.05, 0) is 41.1 Å². The zero-order valence-electron chi connectivity index (χ0n) is 9.27. The molecule has 3 nitrogen and oxygen atoms in total. The van der Waals surface area contributed by atoms with Crippen molar-refractivity contribution in [2.75, 3.05) is 18.5 Å². The molecule has 0 radical (unpaired) electrons. The van der Waals surface area contributed by atoms with Crippen LogP contribution in [-0.2, 0) is 0 Å². The number of anilines is 1. The first-order valence-corrected chi connectivity index (χ1v) is 6.10. The first-order chi connectivity index (χ1) is 7.41. The van der Waals surface area contributed by atoms with Crippen molar-refractivity contribution < 1.29 is 5.11 Å². The van der Waals surface area contributed by atoms with Crippen LogP contribution in [0.1, 0.15) is 12.5 Å². The molecule has 0 aliphatic rings. The maximum Gasteiger partial charge on any atom is 0.104 e. The molecule has 16 heavy (non-hydrogen) atoms. The van der Waals surface area contributed by atoms with Gasteiger partial charge in [0, 0.05) is 23.6 Å². The fourth-order valence-electron chi connectivity index (χ4n) is 1.46. The summed E-state index contributed by atoms with van der Waals surface area (Å²) in [7, 11) is 1.92. The van der Waals surface area contributed by atoms with Crippen molar-refractivity contribution in [2.24, 2.45) is 5.73 Å². The summed E-state index contributed by atoms with van der Waals surface area (Å²) in [6.45, 7) is 2.33. The second-order valence-corrected chi connectivity index (χ2v) is 5.05. The second-order valence-electron chi connectivity index (χ2n) is 3.76. The predicted octanol–water partition coefficient (Wildman–Crippen LogP) is 1.90. The minimum absolute atomic E-state index is 0.368. The van der Waals surface area contributed by atoms with Crippen molar-refractivity contribution in [2.45, 2.75) is 13.0 Å². The Kier molecular flexibility index (Phi) is 4.70. The van der Waals surface area contributed by atoms with Crippen molar-refractivity contribution in [3.63, 3.8) is 0 Å². The van der Waals surface area contributed by atoms with E-state index in [0.717, 1.165) is 15.7 Å². The largest absolute Gasteiger partial charge is 0.392 e. The molecule has 0 saturated carbocycles.